The molecule has 1 aliphatic carbocycles. The fourth-order valence-corrected chi connectivity index (χ4v) is 2.39. The predicted octanol–water partition coefficient (Wildman–Crippen LogP) is 2.08. The SMILES string of the molecule is C[C@H](NCC(C(N)=NO)C(F)(F)F)C1CCCC1. The maximum Gasteiger partial charge on any atom is 0.400 e. The van der Waals surface area contributed by atoms with Crippen molar-refractivity contribution in [1.82, 2.24) is 5.32 Å². The standard InChI is InChI=1S/C11H20F3N3O/c1-7(8-4-2-3-5-8)16-6-9(10(15)17-18)11(12,13)14/h7-9,16,18H,2-6H2,1H3,(H2,15,17)/t7-,9?/m0/s1. The van der Waals surface area contributed by atoms with Crippen LogP contribution in [0.3, 0.4) is 0 Å². The molecule has 0 aromatic carbocycles. The highest BCUT2D eigenvalue weighted by molar-refractivity contribution is 5.83. The zero-order chi connectivity index (χ0) is 13.8. The molecular weight excluding hydrogens is 247 g/mol. The van der Waals surface area contributed by atoms with E-state index in [0.29, 0.717) is 5.92 Å². The summed E-state index contributed by atoms with van der Waals surface area (Å²) in [6.45, 7) is 1.53. The van der Waals surface area contributed by atoms with Gasteiger partial charge in [-0.1, -0.05) is 18.0 Å². The number of hydrogen-bond donors (Lipinski definition) is 3. The van der Waals surface area contributed by atoms with Crippen molar-refractivity contribution in [2.45, 2.75) is 44.8 Å². The molecule has 0 aromatic rings. The molecule has 1 rings (SSSR count). The van der Waals surface area contributed by atoms with Gasteiger partial charge < -0.3 is 16.3 Å². The van der Waals surface area contributed by atoms with E-state index in [2.05, 4.69) is 10.5 Å². The first-order valence-corrected chi connectivity index (χ1v) is 6.13. The van der Waals surface area contributed by atoms with Crippen molar-refractivity contribution in [1.29, 1.82) is 0 Å². The van der Waals surface area contributed by atoms with E-state index < -0.39 is 17.9 Å². The van der Waals surface area contributed by atoms with Crippen molar-refractivity contribution in [3.8, 4) is 0 Å². The fraction of sp³-hybridized carbons (Fsp3) is 0.909. The summed E-state index contributed by atoms with van der Waals surface area (Å²) in [7, 11) is 0. The third-order valence-electron chi connectivity index (χ3n) is 3.62. The Morgan fingerprint density at radius 3 is 2.44 bits per heavy atom. The molecule has 4 nitrogen and oxygen atoms in total. The summed E-state index contributed by atoms with van der Waals surface area (Å²) in [6.07, 6.45) is -0.124. The molecule has 0 aliphatic heterocycles. The van der Waals surface area contributed by atoms with Crippen LogP contribution in [0.5, 0.6) is 0 Å². The summed E-state index contributed by atoms with van der Waals surface area (Å²) in [6, 6.07) is 0.0174. The van der Waals surface area contributed by atoms with Gasteiger partial charge in [-0.15, -0.1) is 0 Å². The van der Waals surface area contributed by atoms with Crippen molar-refractivity contribution in [3.63, 3.8) is 0 Å². The van der Waals surface area contributed by atoms with Crippen molar-refractivity contribution < 1.29 is 18.4 Å². The highest BCUT2D eigenvalue weighted by Gasteiger charge is 2.42. The average Bonchev–Trinajstić information content (AvgIpc) is 2.80. The first-order chi connectivity index (χ1) is 8.36. The molecule has 0 saturated heterocycles. The number of hydrogen-bond acceptors (Lipinski definition) is 3. The second kappa shape index (κ2) is 6.26. The summed E-state index contributed by atoms with van der Waals surface area (Å²) in [5.41, 5.74) is 5.08. The Kier molecular flexibility index (Phi) is 5.25. The zero-order valence-corrected chi connectivity index (χ0v) is 10.4. The first kappa shape index (κ1) is 15.1. The van der Waals surface area contributed by atoms with Gasteiger partial charge in [0.05, 0.1) is 0 Å². The summed E-state index contributed by atoms with van der Waals surface area (Å²) in [4.78, 5) is 0. The third-order valence-corrected chi connectivity index (χ3v) is 3.62. The lowest BCUT2D eigenvalue weighted by Gasteiger charge is -2.25. The average molecular weight is 267 g/mol. The molecular formula is C11H20F3N3O. The molecule has 2 atom stereocenters. The van der Waals surface area contributed by atoms with Crippen LogP contribution in [0.2, 0.25) is 0 Å². The van der Waals surface area contributed by atoms with Crippen molar-refractivity contribution >= 4 is 5.84 Å². The Balaban J connectivity index is 2.51. The van der Waals surface area contributed by atoms with Gasteiger partial charge in [0.25, 0.3) is 0 Å². The lowest BCUT2D eigenvalue weighted by molar-refractivity contribution is -0.155. The Labute approximate surface area is 104 Å². The molecule has 0 amide bonds. The summed E-state index contributed by atoms with van der Waals surface area (Å²) >= 11 is 0. The normalized spacial score (nSPS) is 22.1. The van der Waals surface area contributed by atoms with Gasteiger partial charge in [0.1, 0.15) is 5.92 Å². The molecule has 0 bridgehead atoms. The third kappa shape index (κ3) is 4.04. The maximum atomic E-state index is 12.7. The molecule has 106 valence electrons. The lowest BCUT2D eigenvalue weighted by Crippen LogP contribution is -2.46. The van der Waals surface area contributed by atoms with Crippen LogP contribution in [0.15, 0.2) is 5.16 Å². The fourth-order valence-electron chi connectivity index (χ4n) is 2.39. The monoisotopic (exact) mass is 267 g/mol. The topological polar surface area (TPSA) is 70.6 Å². The molecule has 1 unspecified atom stereocenters. The number of oxime groups is 1. The molecule has 1 aliphatic rings. The Morgan fingerprint density at radius 2 is 2.00 bits per heavy atom. The minimum absolute atomic E-state index is 0.0174. The maximum absolute atomic E-state index is 12.7. The van der Waals surface area contributed by atoms with Crippen LogP contribution < -0.4 is 11.1 Å². The Morgan fingerprint density at radius 1 is 1.44 bits per heavy atom. The smallest absolute Gasteiger partial charge is 0.400 e. The van der Waals surface area contributed by atoms with Crippen molar-refractivity contribution in [2.24, 2.45) is 22.7 Å². The number of alkyl halides is 3. The Bertz CT molecular complexity index is 288. The molecule has 1 saturated carbocycles. The highest BCUT2D eigenvalue weighted by atomic mass is 19.4. The minimum Gasteiger partial charge on any atom is -0.409 e. The number of nitrogens with two attached hydrogens (primary N) is 1. The largest absolute Gasteiger partial charge is 0.409 e. The molecule has 0 radical (unpaired) electrons. The van der Waals surface area contributed by atoms with Crippen molar-refractivity contribution in [3.05, 3.63) is 0 Å². The molecule has 1 fully saturated rings. The van der Waals surface area contributed by atoms with Gasteiger partial charge in [-0.2, -0.15) is 13.2 Å². The van der Waals surface area contributed by atoms with Crippen LogP contribution in [-0.4, -0.2) is 29.8 Å². The van der Waals surface area contributed by atoms with E-state index in [1.54, 1.807) is 0 Å². The first-order valence-electron chi connectivity index (χ1n) is 6.13. The molecule has 18 heavy (non-hydrogen) atoms. The van der Waals surface area contributed by atoms with Gasteiger partial charge in [0.15, 0.2) is 5.84 Å². The van der Waals surface area contributed by atoms with Gasteiger partial charge in [-0.25, -0.2) is 0 Å². The van der Waals surface area contributed by atoms with E-state index in [4.69, 9.17) is 10.9 Å². The lowest BCUT2D eigenvalue weighted by atomic mass is 9.98. The summed E-state index contributed by atoms with van der Waals surface area (Å²) < 4.78 is 38.0. The minimum atomic E-state index is -4.50. The van der Waals surface area contributed by atoms with Crippen LogP contribution in [0.1, 0.15) is 32.6 Å². The second-order valence-electron chi connectivity index (χ2n) is 4.86. The van der Waals surface area contributed by atoms with Gasteiger partial charge >= 0.3 is 6.18 Å². The van der Waals surface area contributed by atoms with Crippen LogP contribution in [-0.2, 0) is 0 Å². The van der Waals surface area contributed by atoms with Crippen LogP contribution in [0.25, 0.3) is 0 Å². The van der Waals surface area contributed by atoms with E-state index in [1.165, 1.54) is 0 Å². The van der Waals surface area contributed by atoms with Gasteiger partial charge in [-0.05, 0) is 25.7 Å². The highest BCUT2D eigenvalue weighted by Crippen LogP contribution is 2.29. The van der Waals surface area contributed by atoms with Gasteiger partial charge in [-0.3, -0.25) is 0 Å². The quantitative estimate of drug-likeness (QED) is 0.309. The van der Waals surface area contributed by atoms with Crippen LogP contribution in [0.4, 0.5) is 13.2 Å². The van der Waals surface area contributed by atoms with E-state index >= 15 is 0 Å². The van der Waals surface area contributed by atoms with E-state index in [1.807, 2.05) is 6.92 Å². The molecule has 4 N–H and O–H groups in total. The number of nitrogens with zero attached hydrogens (tertiary/aromatic N) is 1. The Hall–Kier alpha value is -0.980. The molecule has 0 heterocycles. The summed E-state index contributed by atoms with van der Waals surface area (Å²) in [5, 5.41) is 13.7. The van der Waals surface area contributed by atoms with Crippen LogP contribution >= 0.6 is 0 Å². The van der Waals surface area contributed by atoms with E-state index in [0.717, 1.165) is 25.7 Å². The number of rotatable bonds is 5. The van der Waals surface area contributed by atoms with Gasteiger partial charge in [0, 0.05) is 12.6 Å². The molecule has 0 spiro atoms. The number of halogens is 3. The van der Waals surface area contributed by atoms with E-state index in [-0.39, 0.29) is 12.6 Å². The number of nitrogens with one attached hydrogen (secondary N) is 1. The molecule has 0 aromatic heterocycles. The second-order valence-corrected chi connectivity index (χ2v) is 4.86. The van der Waals surface area contributed by atoms with Gasteiger partial charge in [0.2, 0.25) is 0 Å². The van der Waals surface area contributed by atoms with E-state index in [9.17, 15) is 13.2 Å². The zero-order valence-electron chi connectivity index (χ0n) is 10.4. The van der Waals surface area contributed by atoms with Crippen molar-refractivity contribution in [2.75, 3.05) is 6.54 Å². The summed E-state index contributed by atoms with van der Waals surface area (Å²) in [5.74, 6) is -2.31. The number of amidine groups is 1. The predicted molar refractivity (Wildman–Crippen MR) is 62.4 cm³/mol. The molecule has 7 heteroatoms. The van der Waals surface area contributed by atoms with Crippen LogP contribution in [0, 0.1) is 11.8 Å².